The maximum Gasteiger partial charge on any atom is 0.269 e. The molecule has 2 aromatic carbocycles. The van der Waals surface area contributed by atoms with Gasteiger partial charge in [0.15, 0.2) is 0 Å². The third-order valence-electron chi connectivity index (χ3n) is 5.64. The molecule has 1 fully saturated rings. The van der Waals surface area contributed by atoms with E-state index in [1.807, 2.05) is 19.2 Å². The molecular weight excluding hydrogens is 418 g/mol. The topological polar surface area (TPSA) is 116 Å². The van der Waals surface area contributed by atoms with Crippen LogP contribution in [-0.4, -0.2) is 19.6 Å². The Hall–Kier alpha value is -3.40. The predicted octanol–water partition coefficient (Wildman–Crippen LogP) is 4.73. The van der Waals surface area contributed by atoms with Gasteiger partial charge in [-0.2, -0.15) is 5.10 Å². The Bertz CT molecular complexity index is 1180. The normalized spacial score (nSPS) is 16.2. The minimum Gasteiger partial charge on any atom is -0.258 e. The van der Waals surface area contributed by atoms with Crippen LogP contribution in [0.3, 0.4) is 0 Å². The molecule has 9 nitrogen and oxygen atoms in total. The van der Waals surface area contributed by atoms with Gasteiger partial charge < -0.3 is 0 Å². The highest BCUT2D eigenvalue weighted by Crippen LogP contribution is 2.41. The van der Waals surface area contributed by atoms with E-state index in [0.29, 0.717) is 0 Å². The van der Waals surface area contributed by atoms with Gasteiger partial charge in [0.1, 0.15) is 5.01 Å². The quantitative estimate of drug-likeness (QED) is 0.421. The maximum atomic E-state index is 11.0. The van der Waals surface area contributed by atoms with Crippen molar-refractivity contribution in [2.24, 2.45) is 12.0 Å². The average molecular weight is 439 g/mol. The van der Waals surface area contributed by atoms with Crippen LogP contribution < -0.4 is 4.80 Å². The number of benzene rings is 2. The van der Waals surface area contributed by atoms with Gasteiger partial charge >= 0.3 is 0 Å². The largest absolute Gasteiger partial charge is 0.269 e. The Morgan fingerprint density at radius 3 is 2.03 bits per heavy atom. The number of hydrogen-bond acceptors (Lipinski definition) is 7. The Morgan fingerprint density at radius 2 is 1.48 bits per heavy atom. The molecule has 1 aromatic heterocycles. The fraction of sp³-hybridized carbons (Fsp3) is 0.333. The predicted molar refractivity (Wildman–Crippen MR) is 117 cm³/mol. The van der Waals surface area contributed by atoms with Crippen molar-refractivity contribution in [1.29, 1.82) is 0 Å². The van der Waals surface area contributed by atoms with Crippen molar-refractivity contribution >= 4 is 22.7 Å². The fourth-order valence-electron chi connectivity index (χ4n) is 3.97. The number of rotatable bonds is 5. The van der Waals surface area contributed by atoms with Crippen LogP contribution in [-0.2, 0) is 12.6 Å². The van der Waals surface area contributed by atoms with Gasteiger partial charge in [0.2, 0.25) is 4.80 Å². The highest BCUT2D eigenvalue weighted by molar-refractivity contribution is 7.12. The smallest absolute Gasteiger partial charge is 0.258 e. The third-order valence-corrected chi connectivity index (χ3v) is 6.69. The van der Waals surface area contributed by atoms with E-state index in [4.69, 9.17) is 4.99 Å². The summed E-state index contributed by atoms with van der Waals surface area (Å²) in [6, 6.07) is 13.0. The van der Waals surface area contributed by atoms with Gasteiger partial charge in [-0.3, -0.25) is 20.2 Å². The molecule has 1 aliphatic carbocycles. The molecule has 3 aromatic rings. The molecule has 0 radical (unpaired) electrons. The van der Waals surface area contributed by atoms with Crippen LogP contribution in [0.1, 0.15) is 37.7 Å². The van der Waals surface area contributed by atoms with Crippen molar-refractivity contribution in [3.63, 3.8) is 0 Å². The molecule has 0 spiro atoms. The number of nitro benzene ring substituents is 2. The molecule has 4 rings (SSSR count). The zero-order valence-electron chi connectivity index (χ0n) is 16.9. The lowest BCUT2D eigenvalue weighted by Crippen LogP contribution is -2.30. The van der Waals surface area contributed by atoms with Crippen LogP contribution in [0.5, 0.6) is 0 Å². The standard InChI is InChI=1S/C21H21N5O4S/c1-24-20(31-19(23-24)15-5-9-17(10-6-15)25(27)28)22-21(13-3-2-4-14-21)16-7-11-18(12-8-16)26(29)30/h5-12H,2-4,13-14H2,1H3. The molecule has 1 aliphatic rings. The lowest BCUT2D eigenvalue weighted by molar-refractivity contribution is -0.385. The molecular formula is C21H21N5O4S. The summed E-state index contributed by atoms with van der Waals surface area (Å²) in [5, 5.41) is 27.2. The highest BCUT2D eigenvalue weighted by atomic mass is 32.1. The first-order chi connectivity index (χ1) is 14.9. The van der Waals surface area contributed by atoms with Gasteiger partial charge in [-0.1, -0.05) is 30.6 Å². The summed E-state index contributed by atoms with van der Waals surface area (Å²) in [7, 11) is 1.83. The Morgan fingerprint density at radius 1 is 0.935 bits per heavy atom. The second-order valence-corrected chi connectivity index (χ2v) is 8.58. The van der Waals surface area contributed by atoms with Gasteiger partial charge in [0.05, 0.1) is 15.4 Å². The molecule has 0 bridgehead atoms. The van der Waals surface area contributed by atoms with E-state index >= 15 is 0 Å². The maximum absolute atomic E-state index is 11.0. The molecule has 10 heteroatoms. The van der Waals surface area contributed by atoms with E-state index in [2.05, 4.69) is 5.10 Å². The van der Waals surface area contributed by atoms with Crippen molar-refractivity contribution in [1.82, 2.24) is 9.78 Å². The summed E-state index contributed by atoms with van der Waals surface area (Å²) in [6.45, 7) is 0. The summed E-state index contributed by atoms with van der Waals surface area (Å²) in [5.74, 6) is 0. The van der Waals surface area contributed by atoms with Gasteiger partial charge in [-0.25, -0.2) is 9.67 Å². The molecule has 1 saturated carbocycles. The van der Waals surface area contributed by atoms with Crippen LogP contribution in [0.4, 0.5) is 11.4 Å². The molecule has 160 valence electrons. The summed E-state index contributed by atoms with van der Waals surface area (Å²) >= 11 is 1.43. The van der Waals surface area contributed by atoms with E-state index in [9.17, 15) is 20.2 Å². The lowest BCUT2D eigenvalue weighted by Gasteiger charge is -2.33. The molecule has 0 aliphatic heterocycles. The van der Waals surface area contributed by atoms with Crippen LogP contribution in [0.25, 0.3) is 10.6 Å². The SMILES string of the molecule is Cn1nc(-c2ccc([N+](=O)[O-])cc2)sc1=NC1(c2ccc([N+](=O)[O-])cc2)CCCCC1. The Balaban J connectivity index is 1.75. The van der Waals surface area contributed by atoms with E-state index in [-0.39, 0.29) is 11.4 Å². The van der Waals surface area contributed by atoms with Crippen molar-refractivity contribution in [3.05, 3.63) is 79.1 Å². The number of nitrogens with zero attached hydrogens (tertiary/aromatic N) is 5. The molecule has 0 saturated heterocycles. The van der Waals surface area contributed by atoms with Gasteiger partial charge in [-0.05, 0) is 42.7 Å². The molecule has 1 heterocycles. The molecule has 31 heavy (non-hydrogen) atoms. The number of nitro groups is 2. The summed E-state index contributed by atoms with van der Waals surface area (Å²) < 4.78 is 1.73. The highest BCUT2D eigenvalue weighted by Gasteiger charge is 2.34. The van der Waals surface area contributed by atoms with Crippen molar-refractivity contribution in [2.45, 2.75) is 37.6 Å². The monoisotopic (exact) mass is 439 g/mol. The second kappa shape index (κ2) is 8.38. The minimum atomic E-state index is -0.440. The third kappa shape index (κ3) is 4.24. The Labute approximate surface area is 182 Å². The van der Waals surface area contributed by atoms with Crippen LogP contribution in [0.15, 0.2) is 53.5 Å². The number of aromatic nitrogens is 2. The molecule has 0 N–H and O–H groups in total. The van der Waals surface area contributed by atoms with Gasteiger partial charge in [-0.15, -0.1) is 0 Å². The van der Waals surface area contributed by atoms with E-state index < -0.39 is 15.4 Å². The van der Waals surface area contributed by atoms with Crippen molar-refractivity contribution in [2.75, 3.05) is 0 Å². The first-order valence-corrected chi connectivity index (χ1v) is 10.8. The van der Waals surface area contributed by atoms with Crippen LogP contribution >= 0.6 is 11.3 Å². The van der Waals surface area contributed by atoms with E-state index in [0.717, 1.165) is 53.0 Å². The molecule has 0 unspecified atom stereocenters. The van der Waals surface area contributed by atoms with Crippen molar-refractivity contribution < 1.29 is 9.85 Å². The van der Waals surface area contributed by atoms with Crippen molar-refractivity contribution in [3.8, 4) is 10.6 Å². The van der Waals surface area contributed by atoms with Gasteiger partial charge in [0, 0.05) is 36.9 Å². The number of non-ortho nitro benzene ring substituents is 2. The number of aryl methyl sites for hydroxylation is 1. The van der Waals surface area contributed by atoms with E-state index in [1.54, 1.807) is 16.8 Å². The first kappa shape index (κ1) is 20.9. The summed E-state index contributed by atoms with van der Waals surface area (Å²) in [5.41, 5.74) is 1.43. The molecule has 0 amide bonds. The first-order valence-electron chi connectivity index (χ1n) is 9.98. The minimum absolute atomic E-state index is 0.0360. The second-order valence-electron chi connectivity index (χ2n) is 7.63. The average Bonchev–Trinajstić information content (AvgIpc) is 3.14. The fourth-order valence-corrected chi connectivity index (χ4v) is 4.95. The summed E-state index contributed by atoms with van der Waals surface area (Å²) in [6.07, 6.45) is 4.97. The zero-order chi connectivity index (χ0) is 22.0. The van der Waals surface area contributed by atoms with Crippen LogP contribution in [0, 0.1) is 20.2 Å². The van der Waals surface area contributed by atoms with Crippen LogP contribution in [0.2, 0.25) is 0 Å². The molecule has 0 atom stereocenters. The Kier molecular flexibility index (Phi) is 5.64. The zero-order valence-corrected chi connectivity index (χ0v) is 17.7. The van der Waals surface area contributed by atoms with E-state index in [1.165, 1.54) is 35.6 Å². The lowest BCUT2D eigenvalue weighted by atomic mass is 9.77. The summed E-state index contributed by atoms with van der Waals surface area (Å²) in [4.78, 5) is 27.0. The number of hydrogen-bond donors (Lipinski definition) is 0. The van der Waals surface area contributed by atoms with Gasteiger partial charge in [0.25, 0.3) is 11.4 Å².